The van der Waals surface area contributed by atoms with Gasteiger partial charge in [0.2, 0.25) is 0 Å². The maximum atomic E-state index is 11.9. The topological polar surface area (TPSA) is 60.1 Å². The van der Waals surface area contributed by atoms with Gasteiger partial charge in [-0.25, -0.2) is 13.1 Å². The molecular formula is C17H24N4O2S3. The molecule has 0 aromatic carbocycles. The van der Waals surface area contributed by atoms with E-state index in [-0.39, 0.29) is 11.8 Å². The van der Waals surface area contributed by atoms with E-state index in [9.17, 15) is 8.42 Å². The minimum Gasteiger partial charge on any atom is -0.296 e. The molecule has 0 amide bonds. The van der Waals surface area contributed by atoms with Gasteiger partial charge in [-0.3, -0.25) is 9.47 Å². The van der Waals surface area contributed by atoms with Crippen LogP contribution in [-0.2, 0) is 16.5 Å². The van der Waals surface area contributed by atoms with Crippen molar-refractivity contribution >= 4 is 33.4 Å². The average Bonchev–Trinajstić information content (AvgIpc) is 3.02. The third-order valence-electron chi connectivity index (χ3n) is 5.08. The van der Waals surface area contributed by atoms with Crippen LogP contribution in [0, 0.1) is 4.77 Å². The molecule has 0 radical (unpaired) electrons. The summed E-state index contributed by atoms with van der Waals surface area (Å²) < 4.78 is 28.6. The van der Waals surface area contributed by atoms with E-state index in [1.54, 1.807) is 11.3 Å². The van der Waals surface area contributed by atoms with Crippen LogP contribution in [0.15, 0.2) is 17.5 Å². The Hall–Kier alpha value is -1.03. The molecule has 0 N–H and O–H groups in total. The van der Waals surface area contributed by atoms with Crippen molar-refractivity contribution in [3.63, 3.8) is 0 Å². The second-order valence-corrected chi connectivity index (χ2v) is 10.7. The highest BCUT2D eigenvalue weighted by molar-refractivity contribution is 7.91. The molecule has 2 aliphatic rings. The van der Waals surface area contributed by atoms with Crippen LogP contribution >= 0.6 is 23.6 Å². The van der Waals surface area contributed by atoms with Crippen LogP contribution < -0.4 is 0 Å². The third-order valence-corrected chi connectivity index (χ3v) is 8.10. The molecule has 1 aliphatic carbocycles. The van der Waals surface area contributed by atoms with Crippen molar-refractivity contribution in [2.24, 2.45) is 0 Å². The van der Waals surface area contributed by atoms with Crippen molar-refractivity contribution in [1.29, 1.82) is 0 Å². The Morgan fingerprint density at radius 3 is 2.77 bits per heavy atom. The van der Waals surface area contributed by atoms with Crippen LogP contribution in [0.5, 0.6) is 0 Å². The second kappa shape index (κ2) is 7.18. The van der Waals surface area contributed by atoms with Crippen molar-refractivity contribution in [3.05, 3.63) is 22.3 Å². The zero-order valence-electron chi connectivity index (χ0n) is 14.9. The van der Waals surface area contributed by atoms with Crippen molar-refractivity contribution < 1.29 is 8.42 Å². The monoisotopic (exact) mass is 412 g/mol. The highest BCUT2D eigenvalue weighted by Crippen LogP contribution is 2.39. The molecule has 6 nitrogen and oxygen atoms in total. The van der Waals surface area contributed by atoms with Crippen LogP contribution in [0.25, 0.3) is 10.7 Å². The Morgan fingerprint density at radius 2 is 2.19 bits per heavy atom. The van der Waals surface area contributed by atoms with Gasteiger partial charge in [0.1, 0.15) is 0 Å². The highest BCUT2D eigenvalue weighted by Gasteiger charge is 2.33. The van der Waals surface area contributed by atoms with Crippen molar-refractivity contribution in [3.8, 4) is 10.7 Å². The number of hydrogen-bond donors (Lipinski definition) is 0. The Labute approximate surface area is 163 Å². The zero-order chi connectivity index (χ0) is 18.3. The first-order valence-corrected chi connectivity index (χ1v) is 12.3. The second-order valence-electron chi connectivity index (χ2n) is 7.19. The maximum absolute atomic E-state index is 11.9. The Kier molecular flexibility index (Phi) is 5.06. The van der Waals surface area contributed by atoms with E-state index >= 15 is 0 Å². The first-order valence-electron chi connectivity index (χ1n) is 9.16. The SMILES string of the molecule is CCCN(Cn1nc(-c2cccs2)n(C2CC2)c1=S)C1CCS(=O)(=O)C1. The number of thiophene rings is 1. The fraction of sp³-hybridized carbons (Fsp3) is 0.647. The molecule has 1 atom stereocenters. The molecule has 3 heterocycles. The van der Waals surface area contributed by atoms with Gasteiger partial charge in [-0.1, -0.05) is 13.0 Å². The zero-order valence-corrected chi connectivity index (χ0v) is 17.3. The summed E-state index contributed by atoms with van der Waals surface area (Å²) in [5, 5.41) is 6.89. The first kappa shape index (κ1) is 18.3. The molecule has 1 unspecified atom stereocenters. The summed E-state index contributed by atoms with van der Waals surface area (Å²) in [5.41, 5.74) is 0. The number of hydrogen-bond acceptors (Lipinski definition) is 6. The summed E-state index contributed by atoms with van der Waals surface area (Å²) in [6.07, 6.45) is 3.98. The summed E-state index contributed by atoms with van der Waals surface area (Å²) in [7, 11) is -2.90. The summed E-state index contributed by atoms with van der Waals surface area (Å²) in [6, 6.07) is 4.64. The largest absolute Gasteiger partial charge is 0.296 e. The van der Waals surface area contributed by atoms with Gasteiger partial charge in [-0.05, 0) is 55.9 Å². The quantitative estimate of drug-likeness (QED) is 0.653. The van der Waals surface area contributed by atoms with Crippen molar-refractivity contribution in [1.82, 2.24) is 19.2 Å². The number of aromatic nitrogens is 3. The highest BCUT2D eigenvalue weighted by atomic mass is 32.2. The Bertz CT molecular complexity index is 926. The number of sulfone groups is 1. The average molecular weight is 413 g/mol. The molecule has 1 saturated heterocycles. The van der Waals surface area contributed by atoms with Crippen molar-refractivity contribution in [2.45, 2.75) is 51.4 Å². The number of nitrogens with zero attached hydrogens (tertiary/aromatic N) is 4. The van der Waals surface area contributed by atoms with E-state index < -0.39 is 9.84 Å². The van der Waals surface area contributed by atoms with Gasteiger partial charge in [-0.2, -0.15) is 0 Å². The summed E-state index contributed by atoms with van der Waals surface area (Å²) in [4.78, 5) is 3.37. The molecule has 2 aromatic rings. The fourth-order valence-corrected chi connectivity index (χ4v) is 6.44. The molecule has 0 bridgehead atoms. The van der Waals surface area contributed by atoms with Gasteiger partial charge < -0.3 is 0 Å². The summed E-state index contributed by atoms with van der Waals surface area (Å²) in [6.45, 7) is 3.53. The van der Waals surface area contributed by atoms with Crippen LogP contribution in [-0.4, -0.2) is 51.8 Å². The van der Waals surface area contributed by atoms with E-state index in [0.717, 1.165) is 41.3 Å². The number of rotatable bonds is 7. The van der Waals surface area contributed by atoms with Crippen LogP contribution in [0.3, 0.4) is 0 Å². The molecule has 0 spiro atoms. The van der Waals surface area contributed by atoms with Gasteiger partial charge in [0, 0.05) is 12.1 Å². The molecule has 1 aliphatic heterocycles. The van der Waals surface area contributed by atoms with Crippen molar-refractivity contribution in [2.75, 3.05) is 18.1 Å². The van der Waals surface area contributed by atoms with Gasteiger partial charge >= 0.3 is 0 Å². The Morgan fingerprint density at radius 1 is 1.38 bits per heavy atom. The Balaban J connectivity index is 1.64. The fourth-order valence-electron chi connectivity index (χ4n) is 3.64. The maximum Gasteiger partial charge on any atom is 0.199 e. The first-order chi connectivity index (χ1) is 12.5. The van der Waals surface area contributed by atoms with E-state index in [1.165, 1.54) is 0 Å². The van der Waals surface area contributed by atoms with Crippen LogP contribution in [0.2, 0.25) is 0 Å². The van der Waals surface area contributed by atoms with E-state index in [4.69, 9.17) is 17.3 Å². The predicted octanol–water partition coefficient (Wildman–Crippen LogP) is 3.33. The lowest BCUT2D eigenvalue weighted by Gasteiger charge is -2.27. The lowest BCUT2D eigenvalue weighted by Crippen LogP contribution is -2.38. The molecule has 1 saturated carbocycles. The van der Waals surface area contributed by atoms with E-state index in [1.807, 2.05) is 10.7 Å². The van der Waals surface area contributed by atoms with Gasteiger partial charge in [0.25, 0.3) is 0 Å². The molecular weight excluding hydrogens is 388 g/mol. The van der Waals surface area contributed by atoms with Crippen LogP contribution in [0.4, 0.5) is 0 Å². The molecule has 9 heteroatoms. The minimum absolute atomic E-state index is 0.0677. The minimum atomic E-state index is -2.90. The normalized spacial score (nSPS) is 22.3. The van der Waals surface area contributed by atoms with Gasteiger partial charge in [-0.15, -0.1) is 16.4 Å². The van der Waals surface area contributed by atoms with Gasteiger partial charge in [0.05, 0.1) is 23.1 Å². The lowest BCUT2D eigenvalue weighted by atomic mass is 10.2. The van der Waals surface area contributed by atoms with E-state index in [2.05, 4.69) is 27.8 Å². The smallest absolute Gasteiger partial charge is 0.199 e. The molecule has 4 rings (SSSR count). The van der Waals surface area contributed by atoms with Crippen LogP contribution in [0.1, 0.15) is 38.6 Å². The van der Waals surface area contributed by atoms with E-state index in [0.29, 0.717) is 24.9 Å². The third kappa shape index (κ3) is 3.67. The lowest BCUT2D eigenvalue weighted by molar-refractivity contribution is 0.155. The summed E-state index contributed by atoms with van der Waals surface area (Å²) >= 11 is 7.42. The molecule has 142 valence electrons. The molecule has 2 aromatic heterocycles. The molecule has 26 heavy (non-hydrogen) atoms. The standard InChI is InChI=1S/C17H24N4O2S3/c1-2-8-19(14-7-10-26(22,23)11-14)12-20-17(24)21(13-5-6-13)16(18-20)15-4-3-9-25-15/h3-4,9,13-14H,2,5-8,10-12H2,1H3. The summed E-state index contributed by atoms with van der Waals surface area (Å²) in [5.74, 6) is 1.49. The predicted molar refractivity (Wildman–Crippen MR) is 107 cm³/mol. The molecule has 2 fully saturated rings. The van der Waals surface area contributed by atoms with Gasteiger partial charge in [0.15, 0.2) is 20.4 Å².